The average Bonchev–Trinajstić information content (AvgIpc) is 1.88. The lowest BCUT2D eigenvalue weighted by Crippen LogP contribution is -2.13. The molecule has 2 nitrogen and oxygen atoms in total. The molecule has 2 N–H and O–H groups in total. The van der Waals surface area contributed by atoms with Crippen molar-refractivity contribution < 1.29 is 0 Å². The van der Waals surface area contributed by atoms with Gasteiger partial charge in [-0.05, 0) is 12.3 Å². The molecule has 0 aliphatic carbocycles. The van der Waals surface area contributed by atoms with Gasteiger partial charge in [0.25, 0.3) is 0 Å². The van der Waals surface area contributed by atoms with Crippen LogP contribution in [0.1, 0.15) is 27.7 Å². The number of rotatable bonds is 1. The summed E-state index contributed by atoms with van der Waals surface area (Å²) >= 11 is 0. The number of allylic oxidation sites excluding steroid dienone is 1. The van der Waals surface area contributed by atoms with Crippen LogP contribution in [-0.4, -0.2) is 6.54 Å². The van der Waals surface area contributed by atoms with Gasteiger partial charge in [-0.3, -0.25) is 0 Å². The first-order valence-electron chi connectivity index (χ1n) is 3.74. The molecule has 0 aliphatic rings. The third kappa shape index (κ3) is 2.73. The summed E-state index contributed by atoms with van der Waals surface area (Å²) in [6.07, 6.45) is 0. The minimum Gasteiger partial charge on any atom is -0.326 e. The zero-order chi connectivity index (χ0) is 9.07. The van der Waals surface area contributed by atoms with Gasteiger partial charge in [0.15, 0.2) is 0 Å². The van der Waals surface area contributed by atoms with Crippen LogP contribution in [0.4, 0.5) is 0 Å². The molecule has 0 rings (SSSR count). The average molecular weight is 152 g/mol. The largest absolute Gasteiger partial charge is 0.326 e. The van der Waals surface area contributed by atoms with Crippen molar-refractivity contribution in [2.24, 2.45) is 11.1 Å². The van der Waals surface area contributed by atoms with Gasteiger partial charge in [0.05, 0.1) is 6.07 Å². The molecule has 0 bridgehead atoms. The van der Waals surface area contributed by atoms with Gasteiger partial charge >= 0.3 is 0 Å². The lowest BCUT2D eigenvalue weighted by Gasteiger charge is -2.20. The van der Waals surface area contributed by atoms with E-state index in [-0.39, 0.29) is 5.41 Å². The molecule has 0 heterocycles. The van der Waals surface area contributed by atoms with E-state index >= 15 is 0 Å². The van der Waals surface area contributed by atoms with E-state index < -0.39 is 0 Å². The molecule has 0 aliphatic heterocycles. The maximum absolute atomic E-state index is 8.67. The van der Waals surface area contributed by atoms with E-state index in [0.717, 1.165) is 5.57 Å². The van der Waals surface area contributed by atoms with Gasteiger partial charge < -0.3 is 5.73 Å². The highest BCUT2D eigenvalue weighted by Crippen LogP contribution is 2.26. The minimum absolute atomic E-state index is 0.0600. The normalized spacial score (nSPS) is 13.8. The second kappa shape index (κ2) is 3.54. The summed E-state index contributed by atoms with van der Waals surface area (Å²) in [4.78, 5) is 0. The first-order valence-corrected chi connectivity index (χ1v) is 3.74. The van der Waals surface area contributed by atoms with Gasteiger partial charge in [-0.25, -0.2) is 0 Å². The van der Waals surface area contributed by atoms with E-state index in [2.05, 4.69) is 26.8 Å². The Morgan fingerprint density at radius 2 is 1.91 bits per heavy atom. The Morgan fingerprint density at radius 1 is 1.45 bits per heavy atom. The summed E-state index contributed by atoms with van der Waals surface area (Å²) < 4.78 is 0. The molecule has 0 aromatic carbocycles. The summed E-state index contributed by atoms with van der Waals surface area (Å²) in [6.45, 7) is 8.55. The number of nitrogens with two attached hydrogens (primary N) is 1. The van der Waals surface area contributed by atoms with Gasteiger partial charge in [0.2, 0.25) is 0 Å². The highest BCUT2D eigenvalue weighted by atomic mass is 14.5. The van der Waals surface area contributed by atoms with Crippen molar-refractivity contribution >= 4 is 0 Å². The van der Waals surface area contributed by atoms with Gasteiger partial charge in [-0.2, -0.15) is 5.26 Å². The van der Waals surface area contributed by atoms with Gasteiger partial charge in [0, 0.05) is 12.1 Å². The summed E-state index contributed by atoms with van der Waals surface area (Å²) in [6, 6.07) is 2.11. The fraction of sp³-hybridized carbons (Fsp3) is 0.667. The molecule has 0 atom stereocenters. The second-order valence-electron chi connectivity index (χ2n) is 3.67. The predicted octanol–water partition coefficient (Wildman–Crippen LogP) is 1.83. The van der Waals surface area contributed by atoms with Crippen LogP contribution in [0.2, 0.25) is 0 Å². The zero-order valence-corrected chi connectivity index (χ0v) is 7.73. The Hall–Kier alpha value is -0.810. The van der Waals surface area contributed by atoms with Crippen LogP contribution in [0.5, 0.6) is 0 Å². The lowest BCUT2D eigenvalue weighted by molar-refractivity contribution is 0.499. The Morgan fingerprint density at radius 3 is 2.00 bits per heavy atom. The maximum atomic E-state index is 8.67. The minimum atomic E-state index is 0.0600. The molecule has 0 radical (unpaired) electrons. The molecule has 0 saturated heterocycles. The van der Waals surface area contributed by atoms with E-state index in [4.69, 9.17) is 11.0 Å². The van der Waals surface area contributed by atoms with Crippen molar-refractivity contribution in [1.29, 1.82) is 5.26 Å². The van der Waals surface area contributed by atoms with Crippen LogP contribution in [0.3, 0.4) is 0 Å². The SMILES string of the molecule is C/C(=C(/C#N)CN)C(C)(C)C. The van der Waals surface area contributed by atoms with Crippen molar-refractivity contribution in [3.8, 4) is 6.07 Å². The molecular weight excluding hydrogens is 136 g/mol. The van der Waals surface area contributed by atoms with Crippen LogP contribution in [0.15, 0.2) is 11.1 Å². The first kappa shape index (κ1) is 10.2. The molecule has 0 spiro atoms. The highest BCUT2D eigenvalue weighted by Gasteiger charge is 2.15. The summed E-state index contributed by atoms with van der Waals surface area (Å²) in [7, 11) is 0. The van der Waals surface area contributed by atoms with Crippen molar-refractivity contribution in [1.82, 2.24) is 0 Å². The third-order valence-electron chi connectivity index (χ3n) is 1.92. The highest BCUT2D eigenvalue weighted by molar-refractivity contribution is 5.30. The lowest BCUT2D eigenvalue weighted by atomic mass is 9.85. The van der Waals surface area contributed by atoms with Crippen LogP contribution in [0, 0.1) is 16.7 Å². The van der Waals surface area contributed by atoms with Crippen LogP contribution in [-0.2, 0) is 0 Å². The van der Waals surface area contributed by atoms with E-state index in [0.29, 0.717) is 12.1 Å². The van der Waals surface area contributed by atoms with Gasteiger partial charge in [0.1, 0.15) is 0 Å². The van der Waals surface area contributed by atoms with Gasteiger partial charge in [-0.15, -0.1) is 0 Å². The molecule has 0 amide bonds. The zero-order valence-electron chi connectivity index (χ0n) is 7.73. The molecule has 0 saturated carbocycles. The van der Waals surface area contributed by atoms with E-state index in [1.54, 1.807) is 0 Å². The van der Waals surface area contributed by atoms with Crippen molar-refractivity contribution in [2.75, 3.05) is 6.54 Å². The van der Waals surface area contributed by atoms with Gasteiger partial charge in [-0.1, -0.05) is 26.3 Å². The second-order valence-corrected chi connectivity index (χ2v) is 3.67. The monoisotopic (exact) mass is 152 g/mol. The molecule has 0 unspecified atom stereocenters. The molecule has 11 heavy (non-hydrogen) atoms. The summed E-state index contributed by atoms with van der Waals surface area (Å²) in [5, 5.41) is 8.67. The molecule has 0 aromatic rings. The Balaban J connectivity index is 4.81. The number of hydrogen-bond donors (Lipinski definition) is 1. The molecule has 0 fully saturated rings. The van der Waals surface area contributed by atoms with E-state index in [9.17, 15) is 0 Å². The number of nitrogens with zero attached hydrogens (tertiary/aromatic N) is 1. The fourth-order valence-electron chi connectivity index (χ4n) is 0.735. The smallest absolute Gasteiger partial charge is 0.0960 e. The Bertz CT molecular complexity index is 201. The fourth-order valence-corrected chi connectivity index (χ4v) is 0.735. The van der Waals surface area contributed by atoms with Crippen molar-refractivity contribution in [3.63, 3.8) is 0 Å². The van der Waals surface area contributed by atoms with Crippen molar-refractivity contribution in [3.05, 3.63) is 11.1 Å². The Kier molecular flexibility index (Phi) is 3.28. The summed E-state index contributed by atoms with van der Waals surface area (Å²) in [5.74, 6) is 0. The van der Waals surface area contributed by atoms with E-state index in [1.165, 1.54) is 0 Å². The molecule has 2 heteroatoms. The van der Waals surface area contributed by atoms with Crippen molar-refractivity contribution in [2.45, 2.75) is 27.7 Å². The first-order chi connectivity index (χ1) is 4.93. The Labute approximate surface area is 68.7 Å². The van der Waals surface area contributed by atoms with E-state index in [1.807, 2.05) is 6.92 Å². The number of hydrogen-bond acceptors (Lipinski definition) is 2. The third-order valence-corrected chi connectivity index (χ3v) is 1.92. The molecule has 62 valence electrons. The molecule has 0 aromatic heterocycles. The predicted molar refractivity (Wildman–Crippen MR) is 46.8 cm³/mol. The molecular formula is C9H16N2. The van der Waals surface area contributed by atoms with Crippen LogP contribution < -0.4 is 5.73 Å². The van der Waals surface area contributed by atoms with Crippen LogP contribution in [0.25, 0.3) is 0 Å². The quantitative estimate of drug-likeness (QED) is 0.583. The number of nitriles is 1. The van der Waals surface area contributed by atoms with Crippen LogP contribution >= 0.6 is 0 Å². The topological polar surface area (TPSA) is 49.8 Å². The maximum Gasteiger partial charge on any atom is 0.0960 e. The standard InChI is InChI=1S/C9H16N2/c1-7(9(2,3)4)8(5-10)6-11/h5,10H2,1-4H3/b8-7-. The summed E-state index contributed by atoms with van der Waals surface area (Å²) in [5.41, 5.74) is 7.25.